The van der Waals surface area contributed by atoms with E-state index >= 15 is 0 Å². The quantitative estimate of drug-likeness (QED) is 0.780. The van der Waals surface area contributed by atoms with Crippen molar-refractivity contribution in [1.29, 1.82) is 0 Å². The fourth-order valence-electron chi connectivity index (χ4n) is 2.85. The van der Waals surface area contributed by atoms with Gasteiger partial charge in [-0.2, -0.15) is 18.3 Å². The van der Waals surface area contributed by atoms with Crippen LogP contribution in [0.15, 0.2) is 30.5 Å². The second-order valence-electron chi connectivity index (χ2n) is 5.76. The summed E-state index contributed by atoms with van der Waals surface area (Å²) in [6.45, 7) is 3.86. The van der Waals surface area contributed by atoms with Crippen molar-refractivity contribution in [3.63, 3.8) is 0 Å². The Balaban J connectivity index is 1.96. The number of aryl methyl sites for hydroxylation is 3. The summed E-state index contributed by atoms with van der Waals surface area (Å²) in [6, 6.07) is 5.52. The Kier molecular flexibility index (Phi) is 3.95. The highest BCUT2D eigenvalue weighted by Crippen LogP contribution is 2.33. The summed E-state index contributed by atoms with van der Waals surface area (Å²) >= 11 is 0. The molecule has 0 saturated carbocycles. The van der Waals surface area contributed by atoms with Crippen LogP contribution in [0.3, 0.4) is 0 Å². The molecular formula is C17H17F3N4. The van der Waals surface area contributed by atoms with Gasteiger partial charge in [0.1, 0.15) is 0 Å². The lowest BCUT2D eigenvalue weighted by molar-refractivity contribution is -0.138. The number of nitrogens with zero attached hydrogens (tertiary/aromatic N) is 3. The summed E-state index contributed by atoms with van der Waals surface area (Å²) in [7, 11) is 1.91. The summed E-state index contributed by atoms with van der Waals surface area (Å²) in [5.74, 6) is 0.483. The van der Waals surface area contributed by atoms with Crippen LogP contribution in [0.1, 0.15) is 22.5 Å². The normalized spacial score (nSPS) is 11.9. The second-order valence-corrected chi connectivity index (χ2v) is 5.76. The van der Waals surface area contributed by atoms with Crippen LogP contribution in [0.5, 0.6) is 0 Å². The highest BCUT2D eigenvalue weighted by Gasteiger charge is 2.32. The van der Waals surface area contributed by atoms with E-state index in [0.717, 1.165) is 28.2 Å². The molecule has 0 spiro atoms. The molecule has 0 aliphatic heterocycles. The molecule has 0 aliphatic rings. The molecule has 1 N–H and O–H groups in total. The van der Waals surface area contributed by atoms with Gasteiger partial charge in [0.15, 0.2) is 5.82 Å². The smallest absolute Gasteiger partial charge is 0.364 e. The molecule has 0 radical (unpaired) electrons. The van der Waals surface area contributed by atoms with Gasteiger partial charge in [-0.1, -0.05) is 18.2 Å². The lowest BCUT2D eigenvalue weighted by Crippen LogP contribution is -2.12. The predicted molar refractivity (Wildman–Crippen MR) is 86.8 cm³/mol. The molecule has 0 aliphatic carbocycles. The van der Waals surface area contributed by atoms with E-state index in [4.69, 9.17) is 0 Å². The Hall–Kier alpha value is -2.57. The molecule has 24 heavy (non-hydrogen) atoms. The van der Waals surface area contributed by atoms with Crippen molar-refractivity contribution in [2.45, 2.75) is 26.6 Å². The van der Waals surface area contributed by atoms with E-state index in [9.17, 15) is 13.2 Å². The SMILES string of the molecule is Cc1nnc(NCc2ccccc2C(F)(F)F)c2cn(C)c(C)c12. The minimum atomic E-state index is -4.38. The summed E-state index contributed by atoms with van der Waals surface area (Å²) in [4.78, 5) is 0. The van der Waals surface area contributed by atoms with Crippen molar-refractivity contribution < 1.29 is 13.2 Å². The van der Waals surface area contributed by atoms with Crippen LogP contribution in [0.4, 0.5) is 19.0 Å². The van der Waals surface area contributed by atoms with Gasteiger partial charge in [0.2, 0.25) is 0 Å². The molecule has 2 heterocycles. The van der Waals surface area contributed by atoms with Crippen molar-refractivity contribution >= 4 is 16.6 Å². The van der Waals surface area contributed by atoms with Crippen LogP contribution in [0.25, 0.3) is 10.8 Å². The maximum Gasteiger partial charge on any atom is 0.416 e. The first-order valence-corrected chi connectivity index (χ1v) is 7.47. The van der Waals surface area contributed by atoms with Crippen molar-refractivity contribution in [3.8, 4) is 0 Å². The van der Waals surface area contributed by atoms with Gasteiger partial charge in [0.25, 0.3) is 0 Å². The molecule has 7 heteroatoms. The number of benzene rings is 1. The van der Waals surface area contributed by atoms with Crippen molar-refractivity contribution in [1.82, 2.24) is 14.8 Å². The Morgan fingerprint density at radius 3 is 2.54 bits per heavy atom. The largest absolute Gasteiger partial charge is 0.416 e. The lowest BCUT2D eigenvalue weighted by atomic mass is 10.1. The number of hydrogen-bond donors (Lipinski definition) is 1. The van der Waals surface area contributed by atoms with Gasteiger partial charge in [-0.15, -0.1) is 5.10 Å². The fraction of sp³-hybridized carbons (Fsp3) is 0.294. The van der Waals surface area contributed by atoms with E-state index in [2.05, 4.69) is 15.5 Å². The van der Waals surface area contributed by atoms with Gasteiger partial charge >= 0.3 is 6.18 Å². The third-order valence-corrected chi connectivity index (χ3v) is 4.17. The topological polar surface area (TPSA) is 42.7 Å². The van der Waals surface area contributed by atoms with E-state index in [0.29, 0.717) is 5.82 Å². The molecule has 0 amide bonds. The summed E-state index contributed by atoms with van der Waals surface area (Å²) in [5.41, 5.74) is 1.37. The first kappa shape index (κ1) is 16.3. The van der Waals surface area contributed by atoms with Crippen molar-refractivity contribution in [2.75, 3.05) is 5.32 Å². The Morgan fingerprint density at radius 2 is 1.83 bits per heavy atom. The minimum Gasteiger partial charge on any atom is -0.364 e. The molecule has 126 valence electrons. The monoisotopic (exact) mass is 334 g/mol. The van der Waals surface area contributed by atoms with Gasteiger partial charge in [0.05, 0.1) is 11.3 Å². The van der Waals surface area contributed by atoms with Crippen LogP contribution >= 0.6 is 0 Å². The molecule has 0 unspecified atom stereocenters. The Labute approximate surface area is 137 Å². The number of rotatable bonds is 3. The van der Waals surface area contributed by atoms with Gasteiger partial charge in [-0.05, 0) is 25.5 Å². The first-order valence-electron chi connectivity index (χ1n) is 7.47. The molecule has 3 aromatic rings. The molecule has 1 aromatic carbocycles. The fourth-order valence-corrected chi connectivity index (χ4v) is 2.85. The molecule has 0 atom stereocenters. The summed E-state index contributed by atoms with van der Waals surface area (Å²) < 4.78 is 41.2. The number of aromatic nitrogens is 3. The van der Waals surface area contributed by atoms with Crippen LogP contribution < -0.4 is 5.32 Å². The van der Waals surface area contributed by atoms with E-state index in [-0.39, 0.29) is 12.1 Å². The highest BCUT2D eigenvalue weighted by molar-refractivity contribution is 5.95. The van der Waals surface area contributed by atoms with Crippen LogP contribution in [0, 0.1) is 13.8 Å². The molecule has 2 aromatic heterocycles. The summed E-state index contributed by atoms with van der Waals surface area (Å²) in [5, 5.41) is 13.1. The van der Waals surface area contributed by atoms with Crippen molar-refractivity contribution in [3.05, 3.63) is 53.0 Å². The van der Waals surface area contributed by atoms with E-state index in [1.54, 1.807) is 6.07 Å². The van der Waals surface area contributed by atoms with E-state index in [1.165, 1.54) is 12.1 Å². The predicted octanol–water partition coefficient (Wildman–Crippen LogP) is 4.22. The summed E-state index contributed by atoms with van der Waals surface area (Å²) in [6.07, 6.45) is -2.47. The van der Waals surface area contributed by atoms with Gasteiger partial charge < -0.3 is 9.88 Å². The standard InChI is InChI=1S/C17H17F3N4/c1-10-15-11(2)24(3)9-13(15)16(23-22-10)21-8-12-6-4-5-7-14(12)17(18,19)20/h4-7,9H,8H2,1-3H3,(H,21,23). The van der Waals surface area contributed by atoms with Crippen molar-refractivity contribution in [2.24, 2.45) is 7.05 Å². The second kappa shape index (κ2) is 5.81. The number of anilines is 1. The number of nitrogens with one attached hydrogen (secondary N) is 1. The number of halogens is 3. The molecule has 0 bridgehead atoms. The van der Waals surface area contributed by atoms with Crippen LogP contribution in [0.2, 0.25) is 0 Å². The van der Waals surface area contributed by atoms with E-state index in [1.807, 2.05) is 31.7 Å². The maximum atomic E-state index is 13.1. The van der Waals surface area contributed by atoms with E-state index < -0.39 is 11.7 Å². The van der Waals surface area contributed by atoms with Crippen LogP contribution in [-0.4, -0.2) is 14.8 Å². The third kappa shape index (κ3) is 2.81. The molecule has 0 saturated heterocycles. The Bertz CT molecular complexity index is 897. The average molecular weight is 334 g/mol. The minimum absolute atomic E-state index is 0.0243. The number of fused-ring (bicyclic) bond motifs is 1. The number of alkyl halides is 3. The third-order valence-electron chi connectivity index (χ3n) is 4.17. The lowest BCUT2D eigenvalue weighted by Gasteiger charge is -2.13. The molecule has 3 rings (SSSR count). The zero-order chi connectivity index (χ0) is 17.5. The first-order chi connectivity index (χ1) is 11.3. The zero-order valence-electron chi connectivity index (χ0n) is 13.6. The maximum absolute atomic E-state index is 13.1. The van der Waals surface area contributed by atoms with Crippen LogP contribution in [-0.2, 0) is 19.8 Å². The average Bonchev–Trinajstić information content (AvgIpc) is 2.82. The van der Waals surface area contributed by atoms with Gasteiger partial charge in [-0.25, -0.2) is 0 Å². The number of hydrogen-bond acceptors (Lipinski definition) is 3. The molecule has 0 fully saturated rings. The zero-order valence-corrected chi connectivity index (χ0v) is 13.6. The Morgan fingerprint density at radius 1 is 1.12 bits per heavy atom. The highest BCUT2D eigenvalue weighted by atomic mass is 19.4. The molecule has 4 nitrogen and oxygen atoms in total. The van der Waals surface area contributed by atoms with Gasteiger partial charge in [-0.3, -0.25) is 0 Å². The molecular weight excluding hydrogens is 317 g/mol. The van der Waals surface area contributed by atoms with Gasteiger partial charge in [0, 0.05) is 36.3 Å².